The van der Waals surface area contributed by atoms with Crippen molar-refractivity contribution in [3.05, 3.63) is 59.7 Å². The molecule has 2 aliphatic rings. The highest BCUT2D eigenvalue weighted by molar-refractivity contribution is 5.79. The Bertz CT molecular complexity index is 976. The van der Waals surface area contributed by atoms with Crippen LogP contribution in [0.2, 0.25) is 0 Å². The molecule has 1 unspecified atom stereocenters. The lowest BCUT2D eigenvalue weighted by Crippen LogP contribution is -2.29. The van der Waals surface area contributed by atoms with Crippen LogP contribution in [0.3, 0.4) is 0 Å². The van der Waals surface area contributed by atoms with Crippen LogP contribution < -0.4 is 5.32 Å². The summed E-state index contributed by atoms with van der Waals surface area (Å²) in [4.78, 5) is 37.0. The number of hydrogen-bond acceptors (Lipinski definition) is 4. The van der Waals surface area contributed by atoms with Crippen molar-refractivity contribution in [1.29, 1.82) is 0 Å². The van der Waals surface area contributed by atoms with E-state index in [9.17, 15) is 14.4 Å². The minimum Gasteiger partial charge on any atom is -0.481 e. The van der Waals surface area contributed by atoms with Gasteiger partial charge in [-0.25, -0.2) is 4.79 Å². The van der Waals surface area contributed by atoms with Gasteiger partial charge in [-0.2, -0.15) is 0 Å². The van der Waals surface area contributed by atoms with Crippen LogP contribution in [-0.2, 0) is 14.3 Å². The molecule has 2 aromatic rings. The van der Waals surface area contributed by atoms with E-state index in [-0.39, 0.29) is 11.8 Å². The number of rotatable bonds is 9. The smallest absolute Gasteiger partial charge is 0.407 e. The third kappa shape index (κ3) is 5.35. The first-order chi connectivity index (χ1) is 16.0. The molecule has 0 saturated carbocycles. The maximum Gasteiger partial charge on any atom is 0.407 e. The Morgan fingerprint density at radius 1 is 0.970 bits per heavy atom. The molecule has 7 nitrogen and oxygen atoms in total. The monoisotopic (exact) mass is 450 g/mol. The molecule has 0 radical (unpaired) electrons. The van der Waals surface area contributed by atoms with Crippen molar-refractivity contribution in [1.82, 2.24) is 10.2 Å². The van der Waals surface area contributed by atoms with Crippen molar-refractivity contribution in [3.8, 4) is 11.1 Å². The molecule has 2 N–H and O–H groups in total. The van der Waals surface area contributed by atoms with Crippen LogP contribution in [0, 0.1) is 5.92 Å². The van der Waals surface area contributed by atoms with E-state index in [4.69, 9.17) is 9.84 Å². The number of benzene rings is 2. The van der Waals surface area contributed by atoms with Crippen molar-refractivity contribution < 1.29 is 24.2 Å². The fraction of sp³-hybridized carbons (Fsp3) is 0.423. The second-order valence-corrected chi connectivity index (χ2v) is 8.73. The molecule has 1 aliphatic carbocycles. The molecule has 1 heterocycles. The Hall–Kier alpha value is -3.35. The van der Waals surface area contributed by atoms with Gasteiger partial charge in [0.1, 0.15) is 6.61 Å². The first kappa shape index (κ1) is 22.8. The molecule has 7 heteroatoms. The molecule has 2 aromatic carbocycles. The van der Waals surface area contributed by atoms with Crippen molar-refractivity contribution in [3.63, 3.8) is 0 Å². The first-order valence-corrected chi connectivity index (χ1v) is 11.6. The molecule has 0 aromatic heterocycles. The third-order valence-corrected chi connectivity index (χ3v) is 6.57. The van der Waals surface area contributed by atoms with Gasteiger partial charge in [0, 0.05) is 32.0 Å². The predicted molar refractivity (Wildman–Crippen MR) is 124 cm³/mol. The topological polar surface area (TPSA) is 95.9 Å². The summed E-state index contributed by atoms with van der Waals surface area (Å²) in [7, 11) is 0. The molecular formula is C26H30N2O5. The molecule has 1 fully saturated rings. The van der Waals surface area contributed by atoms with Crippen LogP contribution in [0.1, 0.15) is 49.1 Å². The van der Waals surface area contributed by atoms with Crippen LogP contribution >= 0.6 is 0 Å². The van der Waals surface area contributed by atoms with E-state index in [2.05, 4.69) is 29.6 Å². The number of carboxylic acid groups (broad SMARTS) is 1. The lowest BCUT2D eigenvalue weighted by molar-refractivity contribution is -0.141. The quantitative estimate of drug-likeness (QED) is 0.563. The van der Waals surface area contributed by atoms with Crippen molar-refractivity contribution in [2.75, 3.05) is 26.2 Å². The van der Waals surface area contributed by atoms with Gasteiger partial charge in [-0.3, -0.25) is 9.59 Å². The Labute approximate surface area is 193 Å². The SMILES string of the molecule is O=C(NCCCCCC(=O)N1CCC(C(=O)O)C1)OCC1c2ccccc2-c2ccccc21. The number of likely N-dealkylation sites (tertiary alicyclic amines) is 1. The zero-order chi connectivity index (χ0) is 23.2. The van der Waals surface area contributed by atoms with Crippen LogP contribution in [0.15, 0.2) is 48.5 Å². The number of aliphatic carboxylic acids is 1. The molecule has 1 atom stereocenters. The minimum absolute atomic E-state index is 0.0169. The first-order valence-electron chi connectivity index (χ1n) is 11.6. The Morgan fingerprint density at radius 2 is 1.64 bits per heavy atom. The highest BCUT2D eigenvalue weighted by Crippen LogP contribution is 2.44. The maximum absolute atomic E-state index is 12.2. The van der Waals surface area contributed by atoms with Crippen molar-refractivity contribution in [2.24, 2.45) is 5.92 Å². The fourth-order valence-corrected chi connectivity index (χ4v) is 4.76. The molecule has 174 valence electrons. The lowest BCUT2D eigenvalue weighted by atomic mass is 9.98. The summed E-state index contributed by atoms with van der Waals surface area (Å²) in [6.45, 7) is 1.63. The second kappa shape index (κ2) is 10.5. The summed E-state index contributed by atoms with van der Waals surface area (Å²) in [5.41, 5.74) is 4.76. The number of nitrogens with one attached hydrogen (secondary N) is 1. The summed E-state index contributed by atoms with van der Waals surface area (Å²) < 4.78 is 5.52. The highest BCUT2D eigenvalue weighted by Gasteiger charge is 2.30. The minimum atomic E-state index is -0.829. The lowest BCUT2D eigenvalue weighted by Gasteiger charge is -2.16. The van der Waals surface area contributed by atoms with Crippen molar-refractivity contribution in [2.45, 2.75) is 38.0 Å². The van der Waals surface area contributed by atoms with Gasteiger partial charge in [-0.05, 0) is 41.5 Å². The molecule has 0 spiro atoms. The number of hydrogen-bond donors (Lipinski definition) is 2. The van der Waals surface area contributed by atoms with Gasteiger partial charge in [0.15, 0.2) is 0 Å². The van der Waals surface area contributed by atoms with E-state index in [1.807, 2.05) is 24.3 Å². The number of amides is 2. The van der Waals surface area contributed by atoms with Crippen LogP contribution in [-0.4, -0.2) is 54.2 Å². The van der Waals surface area contributed by atoms with Gasteiger partial charge in [-0.15, -0.1) is 0 Å². The molecule has 33 heavy (non-hydrogen) atoms. The van der Waals surface area contributed by atoms with E-state index in [0.29, 0.717) is 39.1 Å². The molecule has 0 bridgehead atoms. The summed E-state index contributed by atoms with van der Waals surface area (Å²) in [6.07, 6.45) is 2.81. The highest BCUT2D eigenvalue weighted by atomic mass is 16.5. The molecular weight excluding hydrogens is 420 g/mol. The van der Waals surface area contributed by atoms with Crippen molar-refractivity contribution >= 4 is 18.0 Å². The molecule has 1 aliphatic heterocycles. The van der Waals surface area contributed by atoms with E-state index < -0.39 is 18.0 Å². The normalized spacial score (nSPS) is 16.8. The van der Waals surface area contributed by atoms with Gasteiger partial charge >= 0.3 is 12.1 Å². The average molecular weight is 451 g/mol. The van der Waals surface area contributed by atoms with Crippen LogP contribution in [0.4, 0.5) is 4.79 Å². The number of ether oxygens (including phenoxy) is 1. The van der Waals surface area contributed by atoms with Gasteiger partial charge in [0.25, 0.3) is 0 Å². The summed E-state index contributed by atoms with van der Waals surface area (Å²) in [6, 6.07) is 16.5. The number of unbranched alkanes of at least 4 members (excludes halogenated alkanes) is 2. The number of carbonyl (C=O) groups excluding carboxylic acids is 2. The molecule has 2 amide bonds. The van der Waals surface area contributed by atoms with E-state index >= 15 is 0 Å². The predicted octanol–water partition coefficient (Wildman–Crippen LogP) is 4.02. The van der Waals surface area contributed by atoms with Gasteiger partial charge in [0.2, 0.25) is 5.91 Å². The number of nitrogens with zero attached hydrogens (tertiary/aromatic N) is 1. The maximum atomic E-state index is 12.2. The Balaban J connectivity index is 1.13. The molecule has 1 saturated heterocycles. The van der Waals surface area contributed by atoms with E-state index in [1.54, 1.807) is 4.90 Å². The summed E-state index contributed by atoms with van der Waals surface area (Å²) in [5, 5.41) is 11.8. The average Bonchev–Trinajstić information content (AvgIpc) is 3.44. The Kier molecular flexibility index (Phi) is 7.27. The van der Waals surface area contributed by atoms with Gasteiger partial charge < -0.3 is 20.1 Å². The number of fused-ring (bicyclic) bond motifs is 3. The third-order valence-electron chi connectivity index (χ3n) is 6.57. The standard InChI is InChI=1S/C26H30N2O5/c29-24(28-15-13-18(16-28)25(30)31)12-2-1-7-14-27-26(32)33-17-23-21-10-5-3-8-19(21)20-9-4-6-11-22(20)23/h3-6,8-11,18,23H,1-2,7,12-17H2,(H,27,32)(H,30,31). The van der Waals surface area contributed by atoms with Gasteiger partial charge in [-0.1, -0.05) is 55.0 Å². The molecule has 4 rings (SSSR count). The summed E-state index contributed by atoms with van der Waals surface area (Å²) >= 11 is 0. The van der Waals surface area contributed by atoms with Crippen LogP contribution in [0.5, 0.6) is 0 Å². The number of alkyl carbamates (subject to hydrolysis) is 1. The van der Waals surface area contributed by atoms with Crippen LogP contribution in [0.25, 0.3) is 11.1 Å². The fourth-order valence-electron chi connectivity index (χ4n) is 4.76. The Morgan fingerprint density at radius 3 is 2.27 bits per heavy atom. The largest absolute Gasteiger partial charge is 0.481 e. The van der Waals surface area contributed by atoms with Gasteiger partial charge in [0.05, 0.1) is 5.92 Å². The number of carbonyl (C=O) groups is 3. The zero-order valence-corrected chi connectivity index (χ0v) is 18.7. The summed E-state index contributed by atoms with van der Waals surface area (Å²) in [5.74, 6) is -1.20. The van der Waals surface area contributed by atoms with E-state index in [0.717, 1.165) is 19.3 Å². The number of carboxylic acids is 1. The zero-order valence-electron chi connectivity index (χ0n) is 18.7. The second-order valence-electron chi connectivity index (χ2n) is 8.73. The van der Waals surface area contributed by atoms with E-state index in [1.165, 1.54) is 22.3 Å².